The largest absolute Gasteiger partial charge is 0.424 e. The number of hydrogen-bond acceptors (Lipinski definition) is 4. The van der Waals surface area contributed by atoms with E-state index in [1.807, 2.05) is 0 Å². The number of anilines is 1. The van der Waals surface area contributed by atoms with Gasteiger partial charge in [0.1, 0.15) is 11.4 Å². The topological polar surface area (TPSA) is 79.5 Å². The highest BCUT2D eigenvalue weighted by molar-refractivity contribution is 5.92. The van der Waals surface area contributed by atoms with Crippen LogP contribution in [0.4, 0.5) is 5.69 Å². The molecule has 5 heteroatoms. The maximum Gasteiger partial charge on any atom is 0.344 e. The van der Waals surface area contributed by atoms with E-state index < -0.39 is 11.2 Å². The molecule has 5 nitrogen and oxygen atoms in total. The summed E-state index contributed by atoms with van der Waals surface area (Å²) in [6, 6.07) is 6.56. The lowest BCUT2D eigenvalue weighted by molar-refractivity contribution is -0.114. The minimum atomic E-state index is -1.22. The summed E-state index contributed by atoms with van der Waals surface area (Å²) in [7, 11) is 0. The van der Waals surface area contributed by atoms with E-state index >= 15 is 0 Å². The van der Waals surface area contributed by atoms with Crippen molar-refractivity contribution in [1.29, 1.82) is 0 Å². The lowest BCUT2D eigenvalue weighted by Gasteiger charge is -2.15. The molecule has 0 spiro atoms. The second kappa shape index (κ2) is 4.51. The van der Waals surface area contributed by atoms with E-state index in [0.29, 0.717) is 16.5 Å². The second-order valence-corrected chi connectivity index (χ2v) is 4.94. The Bertz CT molecular complexity index is 695. The Morgan fingerprint density at radius 3 is 2.58 bits per heavy atom. The van der Waals surface area contributed by atoms with Gasteiger partial charge in [-0.05, 0) is 37.4 Å². The fourth-order valence-corrected chi connectivity index (χ4v) is 1.77. The summed E-state index contributed by atoms with van der Waals surface area (Å²) in [5.74, 6) is -0.00544. The smallest absolute Gasteiger partial charge is 0.344 e. The summed E-state index contributed by atoms with van der Waals surface area (Å²) in [5, 5.41) is 13.5. The lowest BCUT2D eigenvalue weighted by Crippen LogP contribution is -2.18. The molecule has 0 saturated heterocycles. The normalized spacial score (nSPS) is 11.6. The number of hydrogen-bond donors (Lipinski definition) is 2. The molecule has 0 unspecified atom stereocenters. The first-order valence-electron chi connectivity index (χ1n) is 5.86. The highest BCUT2D eigenvalue weighted by Gasteiger charge is 2.20. The first kappa shape index (κ1) is 13.3. The molecule has 0 bridgehead atoms. The number of aliphatic hydroxyl groups is 1. The zero-order valence-electron chi connectivity index (χ0n) is 11.0. The molecule has 0 atom stereocenters. The Morgan fingerprint density at radius 2 is 2.00 bits per heavy atom. The zero-order valence-corrected chi connectivity index (χ0v) is 11.0. The Balaban J connectivity index is 2.60. The summed E-state index contributed by atoms with van der Waals surface area (Å²) in [6.45, 7) is 4.48. The Morgan fingerprint density at radius 1 is 1.32 bits per heavy atom. The van der Waals surface area contributed by atoms with Crippen LogP contribution in [0.1, 0.15) is 26.5 Å². The van der Waals surface area contributed by atoms with Crippen LogP contribution in [0.15, 0.2) is 33.5 Å². The van der Waals surface area contributed by atoms with Crippen LogP contribution in [0.25, 0.3) is 10.8 Å². The van der Waals surface area contributed by atoms with E-state index in [0.717, 1.165) is 0 Å². The van der Waals surface area contributed by atoms with Gasteiger partial charge in [-0.25, -0.2) is 4.79 Å². The van der Waals surface area contributed by atoms with Crippen molar-refractivity contribution in [2.24, 2.45) is 0 Å². The standard InChI is InChI=1S/C14H15NO4/c1-8(16)15-10-5-4-9-6-12(14(2,3)18)19-13(17)11(9)7-10/h4-7,18H,1-3H3,(H,15,16). The third kappa shape index (κ3) is 2.82. The molecule has 0 aliphatic heterocycles. The van der Waals surface area contributed by atoms with Crippen LogP contribution in [0.5, 0.6) is 0 Å². The van der Waals surface area contributed by atoms with Gasteiger partial charge in [-0.1, -0.05) is 6.07 Å². The molecule has 1 heterocycles. The summed E-state index contributed by atoms with van der Waals surface area (Å²) in [6.07, 6.45) is 0. The summed E-state index contributed by atoms with van der Waals surface area (Å²) in [4.78, 5) is 22.9. The average molecular weight is 261 g/mol. The highest BCUT2D eigenvalue weighted by Crippen LogP contribution is 2.23. The van der Waals surface area contributed by atoms with Crippen molar-refractivity contribution in [1.82, 2.24) is 0 Å². The van der Waals surface area contributed by atoms with E-state index in [9.17, 15) is 14.7 Å². The number of nitrogens with one attached hydrogen (secondary N) is 1. The van der Waals surface area contributed by atoms with Crippen molar-refractivity contribution in [3.05, 3.63) is 40.4 Å². The number of carbonyl (C=O) groups is 1. The van der Waals surface area contributed by atoms with E-state index in [-0.39, 0.29) is 11.7 Å². The van der Waals surface area contributed by atoms with Crippen molar-refractivity contribution in [3.63, 3.8) is 0 Å². The predicted octanol–water partition coefficient (Wildman–Crippen LogP) is 1.98. The van der Waals surface area contributed by atoms with Crippen molar-refractivity contribution in [2.45, 2.75) is 26.4 Å². The Hall–Kier alpha value is -2.14. The molecule has 1 aromatic heterocycles. The first-order valence-corrected chi connectivity index (χ1v) is 5.86. The number of amides is 1. The molecule has 100 valence electrons. The van der Waals surface area contributed by atoms with Crippen LogP contribution in [0.2, 0.25) is 0 Å². The average Bonchev–Trinajstić information content (AvgIpc) is 2.27. The van der Waals surface area contributed by atoms with Crippen LogP contribution >= 0.6 is 0 Å². The van der Waals surface area contributed by atoms with E-state index in [1.54, 1.807) is 38.1 Å². The fraction of sp³-hybridized carbons (Fsp3) is 0.286. The minimum Gasteiger partial charge on any atom is -0.424 e. The van der Waals surface area contributed by atoms with Crippen LogP contribution < -0.4 is 10.9 Å². The molecule has 0 saturated carbocycles. The maximum atomic E-state index is 11.9. The van der Waals surface area contributed by atoms with Gasteiger partial charge >= 0.3 is 5.63 Å². The quantitative estimate of drug-likeness (QED) is 0.866. The molecule has 19 heavy (non-hydrogen) atoms. The van der Waals surface area contributed by atoms with Crippen molar-refractivity contribution in [3.8, 4) is 0 Å². The maximum absolute atomic E-state index is 11.9. The van der Waals surface area contributed by atoms with Crippen molar-refractivity contribution >= 4 is 22.4 Å². The number of carbonyl (C=O) groups excluding carboxylic acids is 1. The lowest BCUT2D eigenvalue weighted by atomic mass is 10.0. The van der Waals surface area contributed by atoms with Gasteiger partial charge < -0.3 is 14.8 Å². The van der Waals surface area contributed by atoms with E-state index in [2.05, 4.69) is 5.32 Å². The van der Waals surface area contributed by atoms with Gasteiger partial charge in [0, 0.05) is 12.6 Å². The highest BCUT2D eigenvalue weighted by atomic mass is 16.4. The molecule has 2 rings (SSSR count). The Labute approximate surface area is 109 Å². The third-order valence-corrected chi connectivity index (χ3v) is 2.69. The van der Waals surface area contributed by atoms with Gasteiger partial charge in [-0.3, -0.25) is 4.79 Å². The zero-order chi connectivity index (χ0) is 14.2. The van der Waals surface area contributed by atoms with Crippen molar-refractivity contribution in [2.75, 3.05) is 5.32 Å². The van der Waals surface area contributed by atoms with Crippen LogP contribution in [-0.2, 0) is 10.4 Å². The van der Waals surface area contributed by atoms with Crippen LogP contribution in [0, 0.1) is 0 Å². The number of fused-ring (bicyclic) bond motifs is 1. The molecule has 0 aliphatic carbocycles. The van der Waals surface area contributed by atoms with Gasteiger partial charge in [0.05, 0.1) is 5.39 Å². The molecule has 2 aromatic rings. The molecule has 0 aliphatic rings. The molecule has 1 aromatic carbocycles. The summed E-state index contributed by atoms with van der Waals surface area (Å²) < 4.78 is 5.10. The van der Waals surface area contributed by atoms with Gasteiger partial charge in [0.25, 0.3) is 0 Å². The molecule has 2 N–H and O–H groups in total. The van der Waals surface area contributed by atoms with Gasteiger partial charge in [0.2, 0.25) is 5.91 Å². The molecule has 0 radical (unpaired) electrons. The molecular formula is C14H15NO4. The molecule has 0 fully saturated rings. The van der Waals surface area contributed by atoms with Crippen LogP contribution in [0.3, 0.4) is 0 Å². The number of benzene rings is 1. The monoisotopic (exact) mass is 261 g/mol. The summed E-state index contributed by atoms with van der Waals surface area (Å²) in [5.41, 5.74) is -1.23. The molecular weight excluding hydrogens is 246 g/mol. The SMILES string of the molecule is CC(=O)Nc1ccc2cc(C(C)(C)O)oc(=O)c2c1. The second-order valence-electron chi connectivity index (χ2n) is 4.94. The summed E-state index contributed by atoms with van der Waals surface area (Å²) >= 11 is 0. The number of rotatable bonds is 2. The predicted molar refractivity (Wildman–Crippen MR) is 72.0 cm³/mol. The van der Waals surface area contributed by atoms with Gasteiger partial charge in [0.15, 0.2) is 0 Å². The van der Waals surface area contributed by atoms with Gasteiger partial charge in [-0.15, -0.1) is 0 Å². The first-order chi connectivity index (χ1) is 8.77. The Kier molecular flexibility index (Phi) is 3.16. The minimum absolute atomic E-state index is 0.206. The van der Waals surface area contributed by atoms with E-state index in [4.69, 9.17) is 4.42 Å². The molecule has 1 amide bonds. The third-order valence-electron chi connectivity index (χ3n) is 2.69. The van der Waals surface area contributed by atoms with E-state index in [1.165, 1.54) is 6.92 Å². The van der Waals surface area contributed by atoms with Gasteiger partial charge in [-0.2, -0.15) is 0 Å². The van der Waals surface area contributed by atoms with Crippen molar-refractivity contribution < 1.29 is 14.3 Å². The van der Waals surface area contributed by atoms with Crippen LogP contribution in [-0.4, -0.2) is 11.0 Å². The fourth-order valence-electron chi connectivity index (χ4n) is 1.77.